The number of carboxylic acid groups (broad SMARTS) is 1. The minimum Gasteiger partial charge on any atom is -0.480 e. The van der Waals surface area contributed by atoms with Crippen LogP contribution in [0, 0.1) is 17.4 Å². The first kappa shape index (κ1) is 12.2. The number of hydrogen-bond acceptors (Lipinski definition) is 3. The van der Waals surface area contributed by atoms with Crippen LogP contribution in [0.1, 0.15) is 51.4 Å². The van der Waals surface area contributed by atoms with Crippen molar-refractivity contribution in [3.8, 4) is 6.19 Å². The van der Waals surface area contributed by atoms with Crippen LogP contribution in [-0.4, -0.2) is 28.1 Å². The summed E-state index contributed by atoms with van der Waals surface area (Å²) in [5.41, 5.74) is 0. The third-order valence-electron chi connectivity index (χ3n) is 4.23. The van der Waals surface area contributed by atoms with Gasteiger partial charge in [-0.15, -0.1) is 0 Å². The van der Waals surface area contributed by atoms with Gasteiger partial charge in [-0.3, -0.25) is 4.90 Å². The van der Waals surface area contributed by atoms with Gasteiger partial charge in [0.15, 0.2) is 6.19 Å². The average molecular weight is 236 g/mol. The highest BCUT2D eigenvalue weighted by molar-refractivity contribution is 5.74. The normalized spacial score (nSPS) is 30.2. The quantitative estimate of drug-likeness (QED) is 0.764. The third-order valence-corrected chi connectivity index (χ3v) is 4.23. The summed E-state index contributed by atoms with van der Waals surface area (Å²) in [5, 5.41) is 18.1. The van der Waals surface area contributed by atoms with Gasteiger partial charge in [-0.2, -0.15) is 5.26 Å². The maximum atomic E-state index is 11.0. The highest BCUT2D eigenvalue weighted by Gasteiger charge is 2.38. The van der Waals surface area contributed by atoms with Crippen molar-refractivity contribution in [3.05, 3.63) is 0 Å². The molecular weight excluding hydrogens is 216 g/mol. The zero-order valence-corrected chi connectivity index (χ0v) is 10.1. The number of rotatable bonds is 3. The van der Waals surface area contributed by atoms with E-state index < -0.39 is 12.0 Å². The van der Waals surface area contributed by atoms with E-state index in [1.165, 1.54) is 37.0 Å². The summed E-state index contributed by atoms with van der Waals surface area (Å²) in [6, 6.07) is -0.405. The van der Waals surface area contributed by atoms with E-state index in [0.717, 1.165) is 12.8 Å². The second-order valence-corrected chi connectivity index (χ2v) is 5.33. The van der Waals surface area contributed by atoms with Crippen molar-refractivity contribution in [3.63, 3.8) is 0 Å². The summed E-state index contributed by atoms with van der Waals surface area (Å²) in [5.74, 6) is -0.144. The lowest BCUT2D eigenvalue weighted by Crippen LogP contribution is -2.38. The molecule has 0 bridgehead atoms. The molecule has 17 heavy (non-hydrogen) atoms. The van der Waals surface area contributed by atoms with Crippen LogP contribution in [0.25, 0.3) is 0 Å². The summed E-state index contributed by atoms with van der Waals surface area (Å²) in [6.45, 7) is 0. The van der Waals surface area contributed by atoms with E-state index in [9.17, 15) is 4.79 Å². The lowest BCUT2D eigenvalue weighted by atomic mass is 9.84. The number of hydrogen-bond donors (Lipinski definition) is 1. The first-order valence-electron chi connectivity index (χ1n) is 6.63. The number of carbonyl (C=O) groups is 1. The molecule has 2 fully saturated rings. The summed E-state index contributed by atoms with van der Waals surface area (Å²) in [6.07, 6.45) is 11.0. The molecule has 1 saturated carbocycles. The van der Waals surface area contributed by atoms with E-state index in [0.29, 0.717) is 12.3 Å². The highest BCUT2D eigenvalue weighted by Crippen LogP contribution is 2.33. The Balaban J connectivity index is 1.92. The Morgan fingerprint density at radius 1 is 1.24 bits per heavy atom. The molecule has 0 amide bonds. The summed E-state index contributed by atoms with van der Waals surface area (Å²) >= 11 is 0. The van der Waals surface area contributed by atoms with Gasteiger partial charge in [0, 0.05) is 6.04 Å². The fraction of sp³-hybridized carbons (Fsp3) is 0.846. The lowest BCUT2D eigenvalue weighted by Gasteiger charge is -2.28. The van der Waals surface area contributed by atoms with Crippen molar-refractivity contribution in [2.24, 2.45) is 5.92 Å². The van der Waals surface area contributed by atoms with Crippen molar-refractivity contribution >= 4 is 5.97 Å². The molecule has 2 unspecified atom stereocenters. The number of nitriles is 1. The monoisotopic (exact) mass is 236 g/mol. The summed E-state index contributed by atoms with van der Waals surface area (Å²) in [7, 11) is 0. The van der Waals surface area contributed by atoms with Crippen LogP contribution in [0.3, 0.4) is 0 Å². The van der Waals surface area contributed by atoms with Crippen LogP contribution in [0.5, 0.6) is 0 Å². The predicted molar refractivity (Wildman–Crippen MR) is 63.1 cm³/mol. The van der Waals surface area contributed by atoms with Gasteiger partial charge in [0.25, 0.3) is 0 Å². The Hall–Kier alpha value is -1.24. The molecule has 0 aromatic rings. The minimum absolute atomic E-state index is 0.171. The highest BCUT2D eigenvalue weighted by atomic mass is 16.4. The van der Waals surface area contributed by atoms with E-state index in [1.807, 2.05) is 0 Å². The van der Waals surface area contributed by atoms with E-state index in [-0.39, 0.29) is 6.04 Å². The van der Waals surface area contributed by atoms with E-state index >= 15 is 0 Å². The Bertz CT molecular complexity index is 318. The molecule has 2 atom stereocenters. The van der Waals surface area contributed by atoms with Gasteiger partial charge in [0.05, 0.1) is 0 Å². The van der Waals surface area contributed by atoms with Crippen LogP contribution in [-0.2, 0) is 4.79 Å². The van der Waals surface area contributed by atoms with Gasteiger partial charge in [-0.1, -0.05) is 32.1 Å². The standard InChI is InChI=1S/C13H20N2O2/c14-9-15-11(6-7-12(15)13(16)17)8-10-4-2-1-3-5-10/h10-12H,1-8H2,(H,16,17). The molecule has 1 aliphatic carbocycles. The SMILES string of the molecule is N#CN1C(CC2CCCCC2)CCC1C(=O)O. The molecule has 0 aromatic heterocycles. The summed E-state index contributed by atoms with van der Waals surface area (Å²) < 4.78 is 0. The number of aliphatic carboxylic acids is 1. The second-order valence-electron chi connectivity index (χ2n) is 5.33. The fourth-order valence-corrected chi connectivity index (χ4v) is 3.32. The molecule has 4 nitrogen and oxygen atoms in total. The Morgan fingerprint density at radius 2 is 1.94 bits per heavy atom. The van der Waals surface area contributed by atoms with E-state index in [1.54, 1.807) is 0 Å². The molecular formula is C13H20N2O2. The molecule has 0 spiro atoms. The van der Waals surface area contributed by atoms with Gasteiger partial charge < -0.3 is 5.11 Å². The maximum absolute atomic E-state index is 11.0. The molecule has 0 radical (unpaired) electrons. The Labute approximate surface area is 102 Å². The smallest absolute Gasteiger partial charge is 0.327 e. The molecule has 94 valence electrons. The third kappa shape index (κ3) is 2.71. The second kappa shape index (κ2) is 5.39. The molecule has 1 N–H and O–H groups in total. The molecule has 4 heteroatoms. The van der Waals surface area contributed by atoms with Crippen LogP contribution >= 0.6 is 0 Å². The fourth-order valence-electron chi connectivity index (χ4n) is 3.32. The number of nitrogens with zero attached hydrogens (tertiary/aromatic N) is 2. The van der Waals surface area contributed by atoms with E-state index in [2.05, 4.69) is 6.19 Å². The predicted octanol–water partition coefficient (Wildman–Crippen LogP) is 2.36. The van der Waals surface area contributed by atoms with Crippen molar-refractivity contribution in [1.29, 1.82) is 5.26 Å². The molecule has 0 aromatic carbocycles. The van der Waals surface area contributed by atoms with E-state index in [4.69, 9.17) is 10.4 Å². The number of carboxylic acids is 1. The van der Waals surface area contributed by atoms with Crippen molar-refractivity contribution in [1.82, 2.24) is 4.90 Å². The topological polar surface area (TPSA) is 64.3 Å². The molecule has 1 aliphatic heterocycles. The van der Waals surface area contributed by atoms with Crippen LogP contribution in [0.2, 0.25) is 0 Å². The summed E-state index contributed by atoms with van der Waals surface area (Å²) in [4.78, 5) is 12.5. The van der Waals surface area contributed by atoms with Crippen molar-refractivity contribution in [2.45, 2.75) is 63.5 Å². The number of likely N-dealkylation sites (tertiary alicyclic amines) is 1. The largest absolute Gasteiger partial charge is 0.480 e. The van der Waals surface area contributed by atoms with Gasteiger partial charge in [0.2, 0.25) is 0 Å². The van der Waals surface area contributed by atoms with Crippen LogP contribution < -0.4 is 0 Å². The van der Waals surface area contributed by atoms with Crippen LogP contribution in [0.4, 0.5) is 0 Å². The average Bonchev–Trinajstić information content (AvgIpc) is 2.73. The van der Waals surface area contributed by atoms with Gasteiger partial charge in [-0.05, 0) is 25.2 Å². The van der Waals surface area contributed by atoms with Crippen LogP contribution in [0.15, 0.2) is 0 Å². The minimum atomic E-state index is -0.849. The van der Waals surface area contributed by atoms with Crippen molar-refractivity contribution < 1.29 is 9.90 Å². The van der Waals surface area contributed by atoms with Gasteiger partial charge >= 0.3 is 5.97 Å². The first-order valence-corrected chi connectivity index (χ1v) is 6.63. The van der Waals surface area contributed by atoms with Crippen molar-refractivity contribution in [2.75, 3.05) is 0 Å². The lowest BCUT2D eigenvalue weighted by molar-refractivity contribution is -0.141. The Kier molecular flexibility index (Phi) is 3.88. The maximum Gasteiger partial charge on any atom is 0.327 e. The molecule has 2 rings (SSSR count). The first-order chi connectivity index (χ1) is 8.22. The zero-order valence-electron chi connectivity index (χ0n) is 10.1. The molecule has 2 aliphatic rings. The zero-order chi connectivity index (χ0) is 12.3. The Morgan fingerprint density at radius 3 is 2.53 bits per heavy atom. The molecule has 1 saturated heterocycles. The molecule has 1 heterocycles. The van der Waals surface area contributed by atoms with Gasteiger partial charge in [-0.25, -0.2) is 4.79 Å². The van der Waals surface area contributed by atoms with Gasteiger partial charge in [0.1, 0.15) is 6.04 Å².